The van der Waals surface area contributed by atoms with Gasteiger partial charge in [-0.25, -0.2) is 0 Å². The maximum Gasteiger partial charge on any atom is 0.193 e. The van der Waals surface area contributed by atoms with Crippen LogP contribution in [0, 0.1) is 0 Å². The van der Waals surface area contributed by atoms with E-state index in [0.29, 0.717) is 0 Å². The molecule has 1 saturated carbocycles. The molecule has 5 nitrogen and oxygen atoms in total. The smallest absolute Gasteiger partial charge is 0.193 e. The van der Waals surface area contributed by atoms with Gasteiger partial charge in [0.1, 0.15) is 0 Å². The molecule has 1 aromatic carbocycles. The Hall–Kier alpha value is -1.95. The van der Waals surface area contributed by atoms with Crippen LogP contribution in [0.25, 0.3) is 0 Å². The Labute approximate surface area is 160 Å². The molecule has 2 aromatic rings. The molecule has 0 radical (unpaired) electrons. The molecule has 140 valence electrons. The van der Waals surface area contributed by atoms with Gasteiger partial charge in [-0.3, -0.25) is 9.67 Å². The lowest BCUT2D eigenvalue weighted by molar-refractivity contribution is 0.466. The molecule has 3 rings (SSSR count). The van der Waals surface area contributed by atoms with Gasteiger partial charge in [0.05, 0.1) is 6.20 Å². The molecule has 0 bridgehead atoms. The number of hydrogen-bond donors (Lipinski definition) is 1. The topological polar surface area (TPSA) is 45.5 Å². The number of hydrogen-bond acceptors (Lipinski definition) is 3. The van der Waals surface area contributed by atoms with E-state index in [-0.39, 0.29) is 4.75 Å². The van der Waals surface area contributed by atoms with Crippen LogP contribution in [0.4, 0.5) is 0 Å². The zero-order valence-corrected chi connectivity index (χ0v) is 16.8. The molecule has 0 spiro atoms. The number of nitrogens with zero attached hydrogens (tertiary/aromatic N) is 4. The quantitative estimate of drug-likeness (QED) is 0.623. The van der Waals surface area contributed by atoms with Crippen molar-refractivity contribution in [1.82, 2.24) is 20.0 Å². The third-order valence-corrected chi connectivity index (χ3v) is 6.41. The van der Waals surface area contributed by atoms with Crippen molar-refractivity contribution in [3.8, 4) is 0 Å². The van der Waals surface area contributed by atoms with E-state index < -0.39 is 0 Å². The van der Waals surface area contributed by atoms with E-state index in [1.165, 1.54) is 36.1 Å². The van der Waals surface area contributed by atoms with Crippen LogP contribution < -0.4 is 5.32 Å². The number of rotatable bonds is 6. The Bertz CT molecular complexity index is 719. The Morgan fingerprint density at radius 2 is 2.04 bits per heavy atom. The molecule has 0 unspecified atom stereocenters. The van der Waals surface area contributed by atoms with E-state index >= 15 is 0 Å². The molecular weight excluding hydrogens is 342 g/mol. The molecule has 0 saturated heterocycles. The Morgan fingerprint density at radius 1 is 1.31 bits per heavy atom. The van der Waals surface area contributed by atoms with Gasteiger partial charge in [0.15, 0.2) is 5.96 Å². The summed E-state index contributed by atoms with van der Waals surface area (Å²) in [5.74, 6) is 0.939. The first-order chi connectivity index (χ1) is 12.6. The van der Waals surface area contributed by atoms with Crippen LogP contribution in [0.15, 0.2) is 52.6 Å². The third kappa shape index (κ3) is 4.81. The SMILES string of the molecule is CN=C(NCC1(Sc2ccccc2)CCCC1)N(C)Cc1cnn(C)c1. The summed E-state index contributed by atoms with van der Waals surface area (Å²) in [6.45, 7) is 1.74. The van der Waals surface area contributed by atoms with Gasteiger partial charge in [-0.15, -0.1) is 11.8 Å². The predicted octanol–water partition coefficient (Wildman–Crippen LogP) is 3.53. The lowest BCUT2D eigenvalue weighted by atomic mass is 10.1. The lowest BCUT2D eigenvalue weighted by Crippen LogP contribution is -2.45. The second kappa shape index (κ2) is 8.62. The summed E-state index contributed by atoms with van der Waals surface area (Å²) in [7, 11) is 5.88. The molecule has 1 aromatic heterocycles. The van der Waals surface area contributed by atoms with E-state index in [4.69, 9.17) is 0 Å². The molecule has 6 heteroatoms. The first kappa shape index (κ1) is 18.8. The van der Waals surface area contributed by atoms with Crippen LogP contribution in [-0.4, -0.2) is 46.0 Å². The Kier molecular flexibility index (Phi) is 6.25. The van der Waals surface area contributed by atoms with Crippen molar-refractivity contribution < 1.29 is 0 Å². The maximum absolute atomic E-state index is 4.49. The van der Waals surface area contributed by atoms with Gasteiger partial charge in [-0.05, 0) is 25.0 Å². The number of aryl methyl sites for hydroxylation is 1. The van der Waals surface area contributed by atoms with Gasteiger partial charge >= 0.3 is 0 Å². The van der Waals surface area contributed by atoms with Crippen molar-refractivity contribution in [3.63, 3.8) is 0 Å². The number of benzene rings is 1. The Balaban J connectivity index is 1.61. The van der Waals surface area contributed by atoms with E-state index in [1.807, 2.05) is 42.9 Å². The fourth-order valence-electron chi connectivity index (χ4n) is 3.60. The van der Waals surface area contributed by atoms with Gasteiger partial charge in [0, 0.05) is 55.6 Å². The summed E-state index contributed by atoms with van der Waals surface area (Å²) in [5.41, 5.74) is 1.19. The van der Waals surface area contributed by atoms with Crippen LogP contribution in [0.5, 0.6) is 0 Å². The minimum absolute atomic E-state index is 0.256. The van der Waals surface area contributed by atoms with Gasteiger partial charge in [-0.1, -0.05) is 31.0 Å². The number of aliphatic imine (C=N–C) groups is 1. The maximum atomic E-state index is 4.49. The average molecular weight is 372 g/mol. The summed E-state index contributed by atoms with van der Waals surface area (Å²) >= 11 is 2.02. The molecule has 0 atom stereocenters. The molecule has 1 heterocycles. The van der Waals surface area contributed by atoms with Crippen LogP contribution >= 0.6 is 11.8 Å². The highest BCUT2D eigenvalue weighted by atomic mass is 32.2. The molecule has 0 aliphatic heterocycles. The third-order valence-electron chi connectivity index (χ3n) is 4.91. The van der Waals surface area contributed by atoms with Crippen LogP contribution in [0.2, 0.25) is 0 Å². The van der Waals surface area contributed by atoms with Gasteiger partial charge in [0.2, 0.25) is 0 Å². The zero-order valence-electron chi connectivity index (χ0n) is 16.0. The first-order valence-electron chi connectivity index (χ1n) is 9.24. The van der Waals surface area contributed by atoms with Crippen molar-refractivity contribution in [3.05, 3.63) is 48.3 Å². The predicted molar refractivity (Wildman–Crippen MR) is 110 cm³/mol. The standard InChI is InChI=1S/C20H29N5S/c1-21-19(24(2)14-17-13-23-25(3)15-17)22-16-20(11-7-8-12-20)26-18-9-5-4-6-10-18/h4-6,9-10,13,15H,7-8,11-12,14,16H2,1-3H3,(H,21,22). The summed E-state index contributed by atoms with van der Waals surface area (Å²) < 4.78 is 2.09. The van der Waals surface area contributed by atoms with Crippen molar-refractivity contribution in [2.45, 2.75) is 41.9 Å². The molecule has 1 aliphatic rings. The summed E-state index contributed by atoms with van der Waals surface area (Å²) in [6.07, 6.45) is 9.09. The van der Waals surface area contributed by atoms with E-state index in [9.17, 15) is 0 Å². The van der Waals surface area contributed by atoms with Crippen LogP contribution in [-0.2, 0) is 13.6 Å². The van der Waals surface area contributed by atoms with E-state index in [1.54, 1.807) is 0 Å². The number of nitrogens with one attached hydrogen (secondary N) is 1. The number of aromatic nitrogens is 2. The number of thioether (sulfide) groups is 1. The summed E-state index contributed by atoms with van der Waals surface area (Å²) in [6, 6.07) is 10.8. The Morgan fingerprint density at radius 3 is 2.65 bits per heavy atom. The highest BCUT2D eigenvalue weighted by molar-refractivity contribution is 8.00. The van der Waals surface area contributed by atoms with Crippen molar-refractivity contribution in [2.75, 3.05) is 20.6 Å². The van der Waals surface area contributed by atoms with E-state index in [0.717, 1.165) is 19.0 Å². The minimum Gasteiger partial charge on any atom is -0.355 e. The highest BCUT2D eigenvalue weighted by Gasteiger charge is 2.35. The monoisotopic (exact) mass is 371 g/mol. The van der Waals surface area contributed by atoms with Crippen LogP contribution in [0.1, 0.15) is 31.2 Å². The second-order valence-corrected chi connectivity index (χ2v) is 8.63. The van der Waals surface area contributed by atoms with Crippen molar-refractivity contribution >= 4 is 17.7 Å². The normalized spacial score (nSPS) is 16.7. The first-order valence-corrected chi connectivity index (χ1v) is 10.1. The van der Waals surface area contributed by atoms with Gasteiger partial charge in [0.25, 0.3) is 0 Å². The van der Waals surface area contributed by atoms with Crippen molar-refractivity contribution in [2.24, 2.45) is 12.0 Å². The molecule has 1 aliphatic carbocycles. The molecule has 0 amide bonds. The molecule has 26 heavy (non-hydrogen) atoms. The zero-order chi connectivity index (χ0) is 18.4. The number of guanidine groups is 1. The minimum atomic E-state index is 0.256. The fourth-order valence-corrected chi connectivity index (χ4v) is 5.03. The molecule has 1 N–H and O–H groups in total. The summed E-state index contributed by atoms with van der Waals surface area (Å²) in [5, 5.41) is 7.88. The van der Waals surface area contributed by atoms with E-state index in [2.05, 4.69) is 57.7 Å². The lowest BCUT2D eigenvalue weighted by Gasteiger charge is -2.31. The average Bonchev–Trinajstić information content (AvgIpc) is 3.26. The largest absolute Gasteiger partial charge is 0.355 e. The highest BCUT2D eigenvalue weighted by Crippen LogP contribution is 2.44. The van der Waals surface area contributed by atoms with Crippen LogP contribution in [0.3, 0.4) is 0 Å². The van der Waals surface area contributed by atoms with Gasteiger partial charge in [-0.2, -0.15) is 5.10 Å². The molecule has 1 fully saturated rings. The second-order valence-electron chi connectivity index (χ2n) is 7.08. The van der Waals surface area contributed by atoms with Gasteiger partial charge < -0.3 is 10.2 Å². The summed E-state index contributed by atoms with van der Waals surface area (Å²) in [4.78, 5) is 8.00. The fraction of sp³-hybridized carbons (Fsp3) is 0.500. The molecular formula is C20H29N5S. The van der Waals surface area contributed by atoms with Crippen molar-refractivity contribution in [1.29, 1.82) is 0 Å².